The van der Waals surface area contributed by atoms with Crippen molar-refractivity contribution in [2.45, 2.75) is 20.0 Å². The Labute approximate surface area is 92.2 Å². The van der Waals surface area contributed by atoms with Crippen molar-refractivity contribution in [2.75, 3.05) is 19.5 Å². The molecule has 1 aromatic rings. The number of halogens is 1. The molecule has 5 heteroatoms. The predicted molar refractivity (Wildman–Crippen MR) is 59.4 cm³/mol. The van der Waals surface area contributed by atoms with Gasteiger partial charge in [0.15, 0.2) is 5.82 Å². The zero-order valence-electron chi connectivity index (χ0n) is 8.59. The fraction of sp³-hybridized carbons (Fsp3) is 0.556. The monoisotopic (exact) mass is 259 g/mol. The minimum absolute atomic E-state index is 0.439. The van der Waals surface area contributed by atoms with Crippen LogP contribution in [0.25, 0.3) is 0 Å². The Balaban J connectivity index is 3.11. The second-order valence-corrected chi connectivity index (χ2v) is 3.58. The number of hydrogen-bond acceptors (Lipinski definition) is 4. The fourth-order valence-electron chi connectivity index (χ4n) is 1.14. The number of aromatic nitrogens is 2. The van der Waals surface area contributed by atoms with Gasteiger partial charge in [0, 0.05) is 14.2 Å². The first kappa shape index (κ1) is 11.4. The molecular formula is C9H14BrN3O. The minimum Gasteiger partial charge on any atom is -0.377 e. The van der Waals surface area contributed by atoms with Crippen molar-refractivity contribution >= 4 is 21.7 Å². The number of aryl methyl sites for hydroxylation is 1. The number of rotatable bonds is 4. The summed E-state index contributed by atoms with van der Waals surface area (Å²) in [5.41, 5.74) is 0.997. The van der Waals surface area contributed by atoms with Crippen molar-refractivity contribution < 1.29 is 4.74 Å². The molecule has 0 spiro atoms. The Hall–Kier alpha value is -0.680. The zero-order chi connectivity index (χ0) is 10.6. The third-order valence-corrected chi connectivity index (χ3v) is 2.64. The fourth-order valence-corrected chi connectivity index (χ4v) is 1.79. The van der Waals surface area contributed by atoms with Gasteiger partial charge in [-0.1, -0.05) is 6.92 Å². The van der Waals surface area contributed by atoms with Gasteiger partial charge >= 0.3 is 0 Å². The molecule has 0 fully saturated rings. The van der Waals surface area contributed by atoms with Crippen LogP contribution in [0.2, 0.25) is 0 Å². The molecule has 0 saturated carbocycles. The molecule has 0 aromatic carbocycles. The molecule has 1 heterocycles. The summed E-state index contributed by atoms with van der Waals surface area (Å²) in [5.74, 6) is 1.51. The second kappa shape index (κ2) is 5.26. The number of ether oxygens (including phenoxy) is 1. The first-order valence-corrected chi connectivity index (χ1v) is 5.24. The third-order valence-electron chi connectivity index (χ3n) is 1.81. The average molecular weight is 260 g/mol. The van der Waals surface area contributed by atoms with Crippen LogP contribution < -0.4 is 5.32 Å². The quantitative estimate of drug-likeness (QED) is 0.899. The van der Waals surface area contributed by atoms with Crippen LogP contribution in [0.5, 0.6) is 0 Å². The Morgan fingerprint density at radius 1 is 1.43 bits per heavy atom. The summed E-state index contributed by atoms with van der Waals surface area (Å²) in [6.45, 7) is 2.50. The van der Waals surface area contributed by atoms with Gasteiger partial charge in [-0.15, -0.1) is 0 Å². The summed E-state index contributed by atoms with van der Waals surface area (Å²) < 4.78 is 5.93. The van der Waals surface area contributed by atoms with E-state index in [-0.39, 0.29) is 0 Å². The maximum Gasteiger partial charge on any atom is 0.156 e. The molecule has 0 atom stereocenters. The smallest absolute Gasteiger partial charge is 0.156 e. The number of methoxy groups -OCH3 is 1. The Bertz CT molecular complexity index is 292. The van der Waals surface area contributed by atoms with E-state index < -0.39 is 0 Å². The third kappa shape index (κ3) is 2.42. The maximum absolute atomic E-state index is 5.00. The topological polar surface area (TPSA) is 47.0 Å². The highest BCUT2D eigenvalue weighted by Crippen LogP contribution is 2.23. The van der Waals surface area contributed by atoms with Crippen molar-refractivity contribution in [3.05, 3.63) is 16.0 Å². The largest absolute Gasteiger partial charge is 0.377 e. The lowest BCUT2D eigenvalue weighted by Crippen LogP contribution is -2.05. The van der Waals surface area contributed by atoms with Gasteiger partial charge in [-0.3, -0.25) is 0 Å². The van der Waals surface area contributed by atoms with Crippen LogP contribution in [0, 0.1) is 0 Å². The summed E-state index contributed by atoms with van der Waals surface area (Å²) in [5, 5.41) is 3.02. The second-order valence-electron chi connectivity index (χ2n) is 2.79. The van der Waals surface area contributed by atoms with Crippen LogP contribution in [-0.4, -0.2) is 24.1 Å². The lowest BCUT2D eigenvalue weighted by Gasteiger charge is -2.09. The molecule has 0 aliphatic rings. The van der Waals surface area contributed by atoms with Crippen molar-refractivity contribution in [3.63, 3.8) is 0 Å². The lowest BCUT2D eigenvalue weighted by atomic mass is 10.3. The first-order valence-electron chi connectivity index (χ1n) is 4.44. The minimum atomic E-state index is 0.439. The van der Waals surface area contributed by atoms with E-state index in [1.54, 1.807) is 7.11 Å². The van der Waals surface area contributed by atoms with E-state index in [9.17, 15) is 0 Å². The van der Waals surface area contributed by atoms with E-state index in [0.717, 1.165) is 22.4 Å². The van der Waals surface area contributed by atoms with E-state index in [2.05, 4.69) is 38.1 Å². The van der Waals surface area contributed by atoms with E-state index >= 15 is 0 Å². The number of anilines is 1. The molecule has 1 N–H and O–H groups in total. The van der Waals surface area contributed by atoms with Gasteiger partial charge in [-0.2, -0.15) is 0 Å². The van der Waals surface area contributed by atoms with Crippen LogP contribution in [0.3, 0.4) is 0 Å². The van der Waals surface area contributed by atoms with E-state index in [0.29, 0.717) is 12.4 Å². The Kier molecular flexibility index (Phi) is 4.28. The Morgan fingerprint density at radius 2 is 2.14 bits per heavy atom. The SMILES string of the molecule is CCc1nc(COC)nc(NC)c1Br. The molecule has 0 unspecified atom stereocenters. The maximum atomic E-state index is 5.00. The average Bonchev–Trinajstić information content (AvgIpc) is 2.20. The van der Waals surface area contributed by atoms with Crippen LogP contribution in [0.4, 0.5) is 5.82 Å². The molecule has 0 radical (unpaired) electrons. The number of hydrogen-bond donors (Lipinski definition) is 1. The van der Waals surface area contributed by atoms with E-state index in [1.807, 2.05) is 7.05 Å². The summed E-state index contributed by atoms with van der Waals surface area (Å²) in [6.07, 6.45) is 0.870. The highest BCUT2D eigenvalue weighted by atomic mass is 79.9. The summed E-state index contributed by atoms with van der Waals surface area (Å²) >= 11 is 3.46. The van der Waals surface area contributed by atoms with Gasteiger partial charge in [-0.25, -0.2) is 9.97 Å². The highest BCUT2D eigenvalue weighted by molar-refractivity contribution is 9.10. The van der Waals surface area contributed by atoms with Crippen LogP contribution in [0.1, 0.15) is 18.4 Å². The van der Waals surface area contributed by atoms with Gasteiger partial charge in [0.25, 0.3) is 0 Å². The van der Waals surface area contributed by atoms with E-state index in [1.165, 1.54) is 0 Å². The van der Waals surface area contributed by atoms with Gasteiger partial charge in [0.2, 0.25) is 0 Å². The predicted octanol–water partition coefficient (Wildman–Crippen LogP) is 1.99. The molecule has 0 aliphatic carbocycles. The molecule has 1 rings (SSSR count). The molecule has 14 heavy (non-hydrogen) atoms. The lowest BCUT2D eigenvalue weighted by molar-refractivity contribution is 0.177. The van der Waals surface area contributed by atoms with Crippen LogP contribution in [0.15, 0.2) is 4.47 Å². The van der Waals surface area contributed by atoms with Crippen LogP contribution >= 0.6 is 15.9 Å². The van der Waals surface area contributed by atoms with Gasteiger partial charge in [-0.05, 0) is 22.4 Å². The van der Waals surface area contributed by atoms with E-state index in [4.69, 9.17) is 4.74 Å². The molecule has 78 valence electrons. The molecule has 0 saturated heterocycles. The zero-order valence-corrected chi connectivity index (χ0v) is 10.2. The first-order chi connectivity index (χ1) is 6.72. The molecule has 0 aliphatic heterocycles. The molecule has 4 nitrogen and oxygen atoms in total. The molecule has 0 amide bonds. The van der Waals surface area contributed by atoms with Gasteiger partial charge in [0.05, 0.1) is 10.2 Å². The summed E-state index contributed by atoms with van der Waals surface area (Å²) in [4.78, 5) is 8.66. The van der Waals surface area contributed by atoms with Crippen molar-refractivity contribution in [3.8, 4) is 0 Å². The van der Waals surface area contributed by atoms with Crippen molar-refractivity contribution in [1.29, 1.82) is 0 Å². The Morgan fingerprint density at radius 3 is 2.64 bits per heavy atom. The van der Waals surface area contributed by atoms with Crippen molar-refractivity contribution in [2.24, 2.45) is 0 Å². The summed E-state index contributed by atoms with van der Waals surface area (Å²) in [7, 11) is 3.47. The highest BCUT2D eigenvalue weighted by Gasteiger charge is 2.09. The molecule has 0 bridgehead atoms. The number of nitrogens with zero attached hydrogens (tertiary/aromatic N) is 2. The molecule has 1 aromatic heterocycles. The van der Waals surface area contributed by atoms with Gasteiger partial charge < -0.3 is 10.1 Å². The molecular weight excluding hydrogens is 246 g/mol. The standard InChI is InChI=1S/C9H14BrN3O/c1-4-6-8(10)9(11-2)13-7(12-6)5-14-3/h4-5H2,1-3H3,(H,11,12,13). The van der Waals surface area contributed by atoms with Gasteiger partial charge in [0.1, 0.15) is 12.4 Å². The number of nitrogens with one attached hydrogen (secondary N) is 1. The summed E-state index contributed by atoms with van der Waals surface area (Å²) in [6, 6.07) is 0. The normalized spacial score (nSPS) is 10.3. The van der Waals surface area contributed by atoms with Crippen molar-refractivity contribution in [1.82, 2.24) is 9.97 Å². The van der Waals surface area contributed by atoms with Crippen LogP contribution in [-0.2, 0) is 17.8 Å².